The van der Waals surface area contributed by atoms with Gasteiger partial charge in [0.1, 0.15) is 0 Å². The molecule has 1 fully saturated rings. The Morgan fingerprint density at radius 2 is 2.30 bits per heavy atom. The van der Waals surface area contributed by atoms with Crippen LogP contribution in [-0.4, -0.2) is 37.1 Å². The minimum absolute atomic E-state index is 0.352. The summed E-state index contributed by atoms with van der Waals surface area (Å²) in [4.78, 5) is 15.9. The molecule has 3 rings (SSSR count). The van der Waals surface area contributed by atoms with Gasteiger partial charge < -0.3 is 9.30 Å². The first-order chi connectivity index (χ1) is 9.79. The smallest absolute Gasteiger partial charge is 0.360 e. The predicted octanol–water partition coefficient (Wildman–Crippen LogP) is 1.23. The first-order valence-corrected chi connectivity index (χ1v) is 6.85. The van der Waals surface area contributed by atoms with Crippen LogP contribution in [-0.2, 0) is 17.8 Å². The van der Waals surface area contributed by atoms with Crippen molar-refractivity contribution in [1.29, 1.82) is 0 Å². The van der Waals surface area contributed by atoms with E-state index in [-0.39, 0.29) is 5.97 Å². The van der Waals surface area contributed by atoms with Crippen molar-refractivity contribution in [3.63, 3.8) is 0 Å². The van der Waals surface area contributed by atoms with Gasteiger partial charge in [-0.15, -0.1) is 5.10 Å². The summed E-state index contributed by atoms with van der Waals surface area (Å²) in [5.41, 5.74) is 1.29. The van der Waals surface area contributed by atoms with Gasteiger partial charge in [-0.25, -0.2) is 14.5 Å². The highest BCUT2D eigenvalue weighted by Gasteiger charge is 2.34. The van der Waals surface area contributed by atoms with Gasteiger partial charge in [0.05, 0.1) is 25.2 Å². The molecule has 0 saturated heterocycles. The molecule has 0 aliphatic heterocycles. The summed E-state index contributed by atoms with van der Waals surface area (Å²) < 4.78 is 8.84. The lowest BCUT2D eigenvalue weighted by Gasteiger charge is -2.07. The highest BCUT2D eigenvalue weighted by molar-refractivity contribution is 5.88. The van der Waals surface area contributed by atoms with E-state index < -0.39 is 0 Å². The summed E-state index contributed by atoms with van der Waals surface area (Å²) in [6.45, 7) is 3.57. The van der Waals surface area contributed by atoms with Gasteiger partial charge in [-0.05, 0) is 19.8 Å². The Hall–Kier alpha value is -2.18. The second-order valence-corrected chi connectivity index (χ2v) is 4.84. The molecular formula is C13H17N5O2. The Bertz CT molecular complexity index is 586. The second kappa shape index (κ2) is 5.44. The summed E-state index contributed by atoms with van der Waals surface area (Å²) in [6.07, 6.45) is 7.59. The highest BCUT2D eigenvalue weighted by atomic mass is 16.5. The molecule has 1 aliphatic carbocycles. The molecule has 2 aromatic heterocycles. The van der Waals surface area contributed by atoms with Crippen molar-refractivity contribution in [2.45, 2.75) is 38.8 Å². The molecule has 0 radical (unpaired) electrons. The lowest BCUT2D eigenvalue weighted by Crippen LogP contribution is -2.13. The molecule has 7 heteroatoms. The third-order valence-corrected chi connectivity index (χ3v) is 3.34. The molecule has 2 heterocycles. The number of imidazole rings is 1. The molecule has 0 spiro atoms. The summed E-state index contributed by atoms with van der Waals surface area (Å²) >= 11 is 0. The fraction of sp³-hybridized carbons (Fsp3) is 0.538. The number of carbonyl (C=O) groups excluding carboxylic acids is 1. The van der Waals surface area contributed by atoms with E-state index >= 15 is 0 Å². The molecule has 0 atom stereocenters. The van der Waals surface area contributed by atoms with Crippen LogP contribution in [0.5, 0.6) is 0 Å². The van der Waals surface area contributed by atoms with Gasteiger partial charge >= 0.3 is 5.97 Å². The standard InChI is InChI=1S/C13H17N5O2/c1-2-20-13(19)11-12(10-3-4-10)18(16-15-11)8-7-17-6-5-14-9-17/h5-6,9-10H,2-4,7-8H2,1H3. The molecular weight excluding hydrogens is 258 g/mol. The number of esters is 1. The van der Waals surface area contributed by atoms with Crippen LogP contribution in [0.2, 0.25) is 0 Å². The molecule has 2 aromatic rings. The van der Waals surface area contributed by atoms with Crippen molar-refractivity contribution >= 4 is 5.97 Å². The lowest BCUT2D eigenvalue weighted by molar-refractivity contribution is 0.0518. The van der Waals surface area contributed by atoms with E-state index in [0.717, 1.165) is 25.1 Å². The van der Waals surface area contributed by atoms with Gasteiger partial charge in [0.2, 0.25) is 0 Å². The fourth-order valence-corrected chi connectivity index (χ4v) is 2.22. The Balaban J connectivity index is 1.78. The number of nitrogens with zero attached hydrogens (tertiary/aromatic N) is 5. The van der Waals surface area contributed by atoms with Crippen LogP contribution in [0.3, 0.4) is 0 Å². The molecule has 0 aromatic carbocycles. The monoisotopic (exact) mass is 275 g/mol. The highest BCUT2D eigenvalue weighted by Crippen LogP contribution is 2.41. The molecule has 0 N–H and O–H groups in total. The van der Waals surface area contributed by atoms with Crippen molar-refractivity contribution in [2.24, 2.45) is 0 Å². The van der Waals surface area contributed by atoms with Crippen LogP contribution >= 0.6 is 0 Å². The van der Waals surface area contributed by atoms with Crippen LogP contribution in [0.4, 0.5) is 0 Å². The van der Waals surface area contributed by atoms with Gasteiger partial charge in [-0.2, -0.15) is 0 Å². The first kappa shape index (κ1) is 12.8. The van der Waals surface area contributed by atoms with Crippen molar-refractivity contribution in [1.82, 2.24) is 24.5 Å². The van der Waals surface area contributed by atoms with Crippen molar-refractivity contribution in [3.05, 3.63) is 30.1 Å². The topological polar surface area (TPSA) is 74.8 Å². The zero-order valence-electron chi connectivity index (χ0n) is 11.4. The summed E-state index contributed by atoms with van der Waals surface area (Å²) in [6, 6.07) is 0. The third-order valence-electron chi connectivity index (χ3n) is 3.34. The summed E-state index contributed by atoms with van der Waals surface area (Å²) in [5, 5.41) is 8.12. The number of aromatic nitrogens is 5. The van der Waals surface area contributed by atoms with Crippen LogP contribution in [0, 0.1) is 0 Å². The van der Waals surface area contributed by atoms with E-state index in [2.05, 4.69) is 15.3 Å². The SMILES string of the molecule is CCOC(=O)c1nnn(CCn2ccnc2)c1C1CC1. The lowest BCUT2D eigenvalue weighted by atomic mass is 10.2. The van der Waals surface area contributed by atoms with E-state index in [1.54, 1.807) is 19.4 Å². The first-order valence-electron chi connectivity index (χ1n) is 6.85. The maximum absolute atomic E-state index is 11.9. The van der Waals surface area contributed by atoms with Crippen molar-refractivity contribution < 1.29 is 9.53 Å². The minimum atomic E-state index is -0.372. The molecule has 106 valence electrons. The normalized spacial score (nSPS) is 14.4. The largest absolute Gasteiger partial charge is 0.461 e. The van der Waals surface area contributed by atoms with Gasteiger partial charge in [0.25, 0.3) is 0 Å². The molecule has 0 unspecified atom stereocenters. The number of hydrogen-bond donors (Lipinski definition) is 0. The van der Waals surface area contributed by atoms with E-state index in [4.69, 9.17) is 4.74 Å². The van der Waals surface area contributed by atoms with Gasteiger partial charge in [-0.3, -0.25) is 0 Å². The number of carbonyl (C=O) groups is 1. The number of ether oxygens (including phenoxy) is 1. The molecule has 7 nitrogen and oxygen atoms in total. The Labute approximate surface area is 116 Å². The predicted molar refractivity (Wildman–Crippen MR) is 70.2 cm³/mol. The van der Waals surface area contributed by atoms with Crippen LogP contribution < -0.4 is 0 Å². The van der Waals surface area contributed by atoms with E-state index in [1.165, 1.54) is 0 Å². The van der Waals surface area contributed by atoms with Gasteiger partial charge in [0.15, 0.2) is 5.69 Å². The van der Waals surface area contributed by atoms with Crippen LogP contribution in [0.15, 0.2) is 18.7 Å². The zero-order valence-corrected chi connectivity index (χ0v) is 11.4. The maximum atomic E-state index is 11.9. The molecule has 0 bridgehead atoms. The van der Waals surface area contributed by atoms with Crippen LogP contribution in [0.25, 0.3) is 0 Å². The van der Waals surface area contributed by atoms with Crippen LogP contribution in [0.1, 0.15) is 41.9 Å². The molecule has 20 heavy (non-hydrogen) atoms. The molecule has 1 saturated carbocycles. The van der Waals surface area contributed by atoms with Gasteiger partial charge in [-0.1, -0.05) is 5.21 Å². The number of hydrogen-bond acceptors (Lipinski definition) is 5. The van der Waals surface area contributed by atoms with E-state index in [1.807, 2.05) is 15.4 Å². The average Bonchev–Trinajstić information content (AvgIpc) is 3.00. The van der Waals surface area contributed by atoms with Gasteiger partial charge in [0, 0.05) is 24.9 Å². The Morgan fingerprint density at radius 1 is 1.45 bits per heavy atom. The van der Waals surface area contributed by atoms with Crippen molar-refractivity contribution in [2.75, 3.05) is 6.61 Å². The quantitative estimate of drug-likeness (QED) is 0.741. The fourth-order valence-electron chi connectivity index (χ4n) is 2.22. The average molecular weight is 275 g/mol. The summed E-state index contributed by atoms with van der Waals surface area (Å²) in [7, 11) is 0. The van der Waals surface area contributed by atoms with Crippen molar-refractivity contribution in [3.8, 4) is 0 Å². The Morgan fingerprint density at radius 3 is 2.95 bits per heavy atom. The van der Waals surface area contributed by atoms with E-state index in [0.29, 0.717) is 24.8 Å². The molecule has 0 amide bonds. The zero-order chi connectivity index (χ0) is 13.9. The number of aryl methyl sites for hydroxylation is 2. The number of rotatable bonds is 6. The summed E-state index contributed by atoms with van der Waals surface area (Å²) in [5.74, 6) is 0.0236. The third kappa shape index (κ3) is 2.56. The Kier molecular flexibility index (Phi) is 3.49. The minimum Gasteiger partial charge on any atom is -0.461 e. The maximum Gasteiger partial charge on any atom is 0.360 e. The van der Waals surface area contributed by atoms with E-state index in [9.17, 15) is 4.79 Å². The molecule has 1 aliphatic rings. The second-order valence-electron chi connectivity index (χ2n) is 4.84.